The van der Waals surface area contributed by atoms with Crippen LogP contribution >= 0.6 is 0 Å². The minimum atomic E-state index is 0.304. The van der Waals surface area contributed by atoms with Crippen molar-refractivity contribution in [2.24, 2.45) is 5.92 Å². The first kappa shape index (κ1) is 7.08. The van der Waals surface area contributed by atoms with E-state index >= 15 is 0 Å². The van der Waals surface area contributed by atoms with Crippen molar-refractivity contribution < 1.29 is 4.79 Å². The third-order valence-corrected chi connectivity index (χ3v) is 2.88. The zero-order chi connectivity index (χ0) is 7.84. The molecule has 0 aromatic carbocycles. The summed E-state index contributed by atoms with van der Waals surface area (Å²) in [5, 5.41) is 0. The predicted octanol–water partition coefficient (Wildman–Crippen LogP) is 2.47. The first-order chi connectivity index (χ1) is 5.29. The maximum atomic E-state index is 11.5. The molecule has 0 saturated carbocycles. The van der Waals surface area contributed by atoms with Crippen LogP contribution in [0.15, 0.2) is 11.1 Å². The molecule has 0 amide bonds. The molecule has 0 radical (unpaired) electrons. The molecule has 0 N–H and O–H groups in total. The van der Waals surface area contributed by atoms with Crippen LogP contribution < -0.4 is 0 Å². The molecule has 11 heavy (non-hydrogen) atoms. The van der Waals surface area contributed by atoms with Crippen molar-refractivity contribution in [2.75, 3.05) is 0 Å². The minimum absolute atomic E-state index is 0.304. The van der Waals surface area contributed by atoms with E-state index in [2.05, 4.69) is 6.92 Å². The molecule has 0 spiro atoms. The summed E-state index contributed by atoms with van der Waals surface area (Å²) in [7, 11) is 0. The topological polar surface area (TPSA) is 17.1 Å². The smallest absolute Gasteiger partial charge is 0.161 e. The van der Waals surface area contributed by atoms with Gasteiger partial charge in [0.05, 0.1) is 0 Å². The molecule has 2 aliphatic rings. The van der Waals surface area contributed by atoms with Crippen LogP contribution in [0.2, 0.25) is 0 Å². The molecule has 60 valence electrons. The van der Waals surface area contributed by atoms with Crippen molar-refractivity contribution >= 4 is 5.78 Å². The Labute approximate surface area is 67.5 Å². The molecular weight excluding hydrogens is 136 g/mol. The van der Waals surface area contributed by atoms with Gasteiger partial charge in [0.2, 0.25) is 0 Å². The summed E-state index contributed by atoms with van der Waals surface area (Å²) in [4.78, 5) is 11.5. The molecule has 2 aliphatic carbocycles. The quantitative estimate of drug-likeness (QED) is 0.518. The van der Waals surface area contributed by atoms with Crippen molar-refractivity contribution in [3.63, 3.8) is 0 Å². The monoisotopic (exact) mass is 150 g/mol. The molecule has 1 nitrogen and oxygen atoms in total. The molecule has 0 heterocycles. The average Bonchev–Trinajstić information content (AvgIpc) is 2.30. The van der Waals surface area contributed by atoms with Gasteiger partial charge in [0.15, 0.2) is 5.78 Å². The Morgan fingerprint density at radius 2 is 2.00 bits per heavy atom. The summed E-state index contributed by atoms with van der Waals surface area (Å²) in [5.41, 5.74) is 2.68. The van der Waals surface area contributed by atoms with E-state index in [1.165, 1.54) is 30.4 Å². The highest BCUT2D eigenvalue weighted by molar-refractivity contribution is 6.00. The molecule has 2 rings (SSSR count). The van der Waals surface area contributed by atoms with Crippen LogP contribution in [-0.4, -0.2) is 5.78 Å². The Hall–Kier alpha value is -0.590. The van der Waals surface area contributed by atoms with Crippen molar-refractivity contribution in [1.29, 1.82) is 0 Å². The molecule has 1 heteroatoms. The van der Waals surface area contributed by atoms with Crippen LogP contribution in [0.3, 0.4) is 0 Å². The Morgan fingerprint density at radius 1 is 1.27 bits per heavy atom. The van der Waals surface area contributed by atoms with Gasteiger partial charge in [-0.25, -0.2) is 0 Å². The fourth-order valence-electron chi connectivity index (χ4n) is 2.25. The molecule has 0 aromatic rings. The number of hydrogen-bond donors (Lipinski definition) is 0. The lowest BCUT2D eigenvalue weighted by molar-refractivity contribution is -0.118. The van der Waals surface area contributed by atoms with E-state index in [4.69, 9.17) is 0 Å². The fourth-order valence-corrected chi connectivity index (χ4v) is 2.25. The van der Waals surface area contributed by atoms with Gasteiger partial charge in [-0.15, -0.1) is 0 Å². The molecule has 0 bridgehead atoms. The third kappa shape index (κ3) is 1.03. The summed E-state index contributed by atoms with van der Waals surface area (Å²) in [6, 6.07) is 0. The molecule has 0 saturated heterocycles. The Bertz CT molecular complexity index is 225. The van der Waals surface area contributed by atoms with Gasteiger partial charge < -0.3 is 0 Å². The summed E-state index contributed by atoms with van der Waals surface area (Å²) < 4.78 is 0. The standard InChI is InChI=1S/C10H14O/c1-7-6-8-4-2-3-5-9(8)10(7)11/h7H,2-6H2,1H3. The van der Waals surface area contributed by atoms with E-state index in [1.54, 1.807) is 0 Å². The van der Waals surface area contributed by atoms with Crippen LogP contribution in [-0.2, 0) is 4.79 Å². The van der Waals surface area contributed by atoms with Crippen LogP contribution in [0.5, 0.6) is 0 Å². The van der Waals surface area contributed by atoms with E-state index in [-0.39, 0.29) is 0 Å². The summed E-state index contributed by atoms with van der Waals surface area (Å²) in [6.45, 7) is 2.06. The van der Waals surface area contributed by atoms with Crippen molar-refractivity contribution in [3.8, 4) is 0 Å². The highest BCUT2D eigenvalue weighted by atomic mass is 16.1. The first-order valence-electron chi connectivity index (χ1n) is 4.54. The zero-order valence-electron chi connectivity index (χ0n) is 7.02. The second-order valence-corrected chi connectivity index (χ2v) is 3.76. The maximum absolute atomic E-state index is 11.5. The minimum Gasteiger partial charge on any atom is -0.294 e. The molecular formula is C10H14O. The number of carbonyl (C=O) groups excluding carboxylic acids is 1. The van der Waals surface area contributed by atoms with E-state index in [1.807, 2.05) is 0 Å². The predicted molar refractivity (Wildman–Crippen MR) is 44.3 cm³/mol. The molecule has 0 aliphatic heterocycles. The van der Waals surface area contributed by atoms with Crippen LogP contribution in [0, 0.1) is 5.92 Å². The van der Waals surface area contributed by atoms with Gasteiger partial charge >= 0.3 is 0 Å². The number of ketones is 1. The lowest BCUT2D eigenvalue weighted by atomic mass is 9.94. The van der Waals surface area contributed by atoms with Crippen molar-refractivity contribution in [2.45, 2.75) is 39.0 Å². The largest absolute Gasteiger partial charge is 0.294 e. The Morgan fingerprint density at radius 3 is 2.73 bits per heavy atom. The maximum Gasteiger partial charge on any atom is 0.161 e. The molecule has 0 fully saturated rings. The van der Waals surface area contributed by atoms with Gasteiger partial charge in [-0.05, 0) is 37.7 Å². The lowest BCUT2D eigenvalue weighted by Gasteiger charge is -2.11. The zero-order valence-corrected chi connectivity index (χ0v) is 7.02. The van der Waals surface area contributed by atoms with E-state index < -0.39 is 0 Å². The van der Waals surface area contributed by atoms with Crippen molar-refractivity contribution in [3.05, 3.63) is 11.1 Å². The Balaban J connectivity index is 2.27. The van der Waals surface area contributed by atoms with Gasteiger partial charge in [-0.2, -0.15) is 0 Å². The number of Topliss-reactive ketones (excluding diaryl/α,β-unsaturated/α-hetero) is 1. The SMILES string of the molecule is CC1CC2=C(CCCC2)C1=O. The number of hydrogen-bond acceptors (Lipinski definition) is 1. The summed E-state index contributed by atoms with van der Waals surface area (Å²) in [6.07, 6.45) is 5.87. The van der Waals surface area contributed by atoms with Gasteiger partial charge in [-0.1, -0.05) is 12.5 Å². The second-order valence-electron chi connectivity index (χ2n) is 3.76. The normalized spacial score (nSPS) is 31.0. The van der Waals surface area contributed by atoms with E-state index in [9.17, 15) is 4.79 Å². The van der Waals surface area contributed by atoms with Crippen LogP contribution in [0.25, 0.3) is 0 Å². The Kier molecular flexibility index (Phi) is 1.59. The third-order valence-electron chi connectivity index (χ3n) is 2.88. The highest BCUT2D eigenvalue weighted by Gasteiger charge is 2.30. The van der Waals surface area contributed by atoms with Gasteiger partial charge in [0, 0.05) is 5.92 Å². The van der Waals surface area contributed by atoms with Gasteiger partial charge in [0.25, 0.3) is 0 Å². The molecule has 0 aromatic heterocycles. The van der Waals surface area contributed by atoms with Crippen molar-refractivity contribution in [1.82, 2.24) is 0 Å². The first-order valence-corrected chi connectivity index (χ1v) is 4.54. The summed E-state index contributed by atoms with van der Waals surface area (Å²) >= 11 is 0. The lowest BCUT2D eigenvalue weighted by Crippen LogP contribution is -2.06. The van der Waals surface area contributed by atoms with Crippen LogP contribution in [0.4, 0.5) is 0 Å². The number of carbonyl (C=O) groups is 1. The second kappa shape index (κ2) is 2.47. The molecule has 1 unspecified atom stereocenters. The highest BCUT2D eigenvalue weighted by Crippen LogP contribution is 2.37. The number of rotatable bonds is 0. The van der Waals surface area contributed by atoms with Gasteiger partial charge in [0.1, 0.15) is 0 Å². The van der Waals surface area contributed by atoms with Gasteiger partial charge in [-0.3, -0.25) is 4.79 Å². The summed E-state index contributed by atoms with van der Waals surface area (Å²) in [5.74, 6) is 0.748. The van der Waals surface area contributed by atoms with E-state index in [0.717, 1.165) is 12.8 Å². The molecule has 1 atom stereocenters. The van der Waals surface area contributed by atoms with E-state index in [0.29, 0.717) is 11.7 Å². The fraction of sp³-hybridized carbons (Fsp3) is 0.700. The average molecular weight is 150 g/mol. The number of allylic oxidation sites excluding steroid dienone is 2. The van der Waals surface area contributed by atoms with Crippen LogP contribution in [0.1, 0.15) is 39.0 Å².